The molecule has 8 nitrogen and oxygen atoms in total. The lowest BCUT2D eigenvalue weighted by Crippen LogP contribution is -2.35. The predicted octanol–water partition coefficient (Wildman–Crippen LogP) is 5.24. The van der Waals surface area contributed by atoms with E-state index in [-0.39, 0.29) is 17.7 Å². The minimum Gasteiger partial charge on any atom is -0.391 e. The van der Waals surface area contributed by atoms with Gasteiger partial charge in [0.25, 0.3) is 5.56 Å². The summed E-state index contributed by atoms with van der Waals surface area (Å²) in [7, 11) is 0. The molecule has 0 amide bonds. The van der Waals surface area contributed by atoms with Gasteiger partial charge in [0.1, 0.15) is 6.33 Å². The first-order valence-corrected chi connectivity index (χ1v) is 14.4. The van der Waals surface area contributed by atoms with Gasteiger partial charge < -0.3 is 9.84 Å². The van der Waals surface area contributed by atoms with Crippen molar-refractivity contribution in [3.05, 3.63) is 87.6 Å². The summed E-state index contributed by atoms with van der Waals surface area (Å²) in [6.45, 7) is 4.41. The van der Waals surface area contributed by atoms with Crippen molar-refractivity contribution < 1.29 is 9.84 Å². The monoisotopic (exact) mass is 539 g/mol. The quantitative estimate of drug-likeness (QED) is 0.295. The Balaban J connectivity index is 1.45. The van der Waals surface area contributed by atoms with E-state index in [0.717, 1.165) is 66.5 Å². The van der Waals surface area contributed by atoms with Crippen molar-refractivity contribution in [2.75, 3.05) is 6.61 Å². The second-order valence-corrected chi connectivity index (χ2v) is 10.7. The molecule has 1 aliphatic rings. The van der Waals surface area contributed by atoms with E-state index in [1.165, 1.54) is 6.33 Å². The maximum absolute atomic E-state index is 14.2. The number of benzene rings is 2. The van der Waals surface area contributed by atoms with Gasteiger partial charge in [0.05, 0.1) is 36.1 Å². The largest absolute Gasteiger partial charge is 0.391 e. The van der Waals surface area contributed by atoms with Crippen LogP contribution in [0.3, 0.4) is 0 Å². The molecule has 5 rings (SSSR count). The van der Waals surface area contributed by atoms with Crippen LogP contribution in [0.5, 0.6) is 0 Å². The molecular formula is C32H37N5O3. The molecule has 0 aliphatic heterocycles. The Morgan fingerprint density at radius 1 is 1.10 bits per heavy atom. The second-order valence-electron chi connectivity index (χ2n) is 10.7. The Kier molecular flexibility index (Phi) is 8.73. The first-order valence-electron chi connectivity index (χ1n) is 14.4. The summed E-state index contributed by atoms with van der Waals surface area (Å²) in [6, 6.07) is 18.0. The van der Waals surface area contributed by atoms with Gasteiger partial charge in [0.2, 0.25) is 5.78 Å². The molecule has 0 bridgehead atoms. The van der Waals surface area contributed by atoms with Crippen molar-refractivity contribution >= 4 is 5.78 Å². The van der Waals surface area contributed by atoms with Crippen LogP contribution in [0, 0.1) is 11.3 Å². The fraction of sp³-hybridized carbons (Fsp3) is 0.438. The number of ether oxygens (including phenoxy) is 1. The number of aliphatic hydroxyl groups is 1. The summed E-state index contributed by atoms with van der Waals surface area (Å²) in [5.41, 5.74) is 5.23. The predicted molar refractivity (Wildman–Crippen MR) is 154 cm³/mol. The van der Waals surface area contributed by atoms with Crippen molar-refractivity contribution in [2.45, 2.75) is 83.5 Å². The Bertz CT molecular complexity index is 1540. The zero-order valence-electron chi connectivity index (χ0n) is 23.3. The Hall–Kier alpha value is -3.80. The Morgan fingerprint density at radius 3 is 2.55 bits per heavy atom. The third-order valence-electron chi connectivity index (χ3n) is 8.01. The molecule has 40 heavy (non-hydrogen) atoms. The first-order chi connectivity index (χ1) is 19.5. The van der Waals surface area contributed by atoms with Gasteiger partial charge >= 0.3 is 0 Å². The van der Waals surface area contributed by atoms with E-state index >= 15 is 0 Å². The number of aliphatic hydroxyl groups excluding tert-OH is 1. The summed E-state index contributed by atoms with van der Waals surface area (Å²) < 4.78 is 9.66. The summed E-state index contributed by atoms with van der Waals surface area (Å²) in [5.74, 6) is 0.603. The zero-order valence-corrected chi connectivity index (χ0v) is 23.3. The van der Waals surface area contributed by atoms with E-state index < -0.39 is 6.10 Å². The number of hydrogen-bond donors (Lipinski definition) is 1. The van der Waals surface area contributed by atoms with Crippen LogP contribution >= 0.6 is 0 Å². The number of aryl methyl sites for hydroxylation is 1. The summed E-state index contributed by atoms with van der Waals surface area (Å²) >= 11 is 0. The average molecular weight is 540 g/mol. The molecule has 2 aromatic heterocycles. The van der Waals surface area contributed by atoms with Gasteiger partial charge in [-0.1, -0.05) is 62.7 Å². The highest BCUT2D eigenvalue weighted by Gasteiger charge is 2.28. The van der Waals surface area contributed by atoms with Crippen molar-refractivity contribution in [2.24, 2.45) is 0 Å². The molecular weight excluding hydrogens is 502 g/mol. The minimum absolute atomic E-state index is 0.00799. The van der Waals surface area contributed by atoms with Crippen molar-refractivity contribution in [1.82, 2.24) is 19.2 Å². The lowest BCUT2D eigenvalue weighted by atomic mass is 9.92. The highest BCUT2D eigenvalue weighted by Crippen LogP contribution is 2.31. The highest BCUT2D eigenvalue weighted by molar-refractivity contribution is 5.70. The van der Waals surface area contributed by atoms with Crippen LogP contribution in [0.2, 0.25) is 0 Å². The van der Waals surface area contributed by atoms with Gasteiger partial charge in [-0.15, -0.1) is 0 Å². The van der Waals surface area contributed by atoms with Crippen LogP contribution in [-0.2, 0) is 17.6 Å². The van der Waals surface area contributed by atoms with Gasteiger partial charge in [-0.3, -0.25) is 9.36 Å². The van der Waals surface area contributed by atoms with E-state index in [0.29, 0.717) is 30.8 Å². The number of nitrogens with zero attached hydrogens (tertiary/aromatic N) is 5. The van der Waals surface area contributed by atoms with Gasteiger partial charge in [-0.2, -0.15) is 15.3 Å². The number of fused-ring (bicyclic) bond motifs is 1. The van der Waals surface area contributed by atoms with E-state index in [2.05, 4.69) is 23.1 Å². The molecule has 1 atom stereocenters. The molecule has 0 spiro atoms. The smallest absolute Gasteiger partial charge is 0.259 e. The van der Waals surface area contributed by atoms with E-state index in [1.807, 2.05) is 64.5 Å². The maximum atomic E-state index is 14.2. The SMILES string of the molecule is CCCc1c(Cc2ccc(-c3ccccc3C#N)cc2)c(=O)n(C2CCC(OCC(O)CC)CC2)c2ncnn12. The van der Waals surface area contributed by atoms with Crippen molar-refractivity contribution in [1.29, 1.82) is 5.26 Å². The fourth-order valence-corrected chi connectivity index (χ4v) is 5.75. The molecule has 1 N–H and O–H groups in total. The molecule has 2 heterocycles. The molecule has 0 saturated heterocycles. The molecule has 1 unspecified atom stereocenters. The lowest BCUT2D eigenvalue weighted by molar-refractivity contribution is -0.0293. The van der Waals surface area contributed by atoms with Crippen LogP contribution < -0.4 is 5.56 Å². The molecule has 1 fully saturated rings. The van der Waals surface area contributed by atoms with E-state index in [4.69, 9.17) is 4.74 Å². The minimum atomic E-state index is -0.431. The third-order valence-corrected chi connectivity index (χ3v) is 8.01. The zero-order chi connectivity index (χ0) is 28.1. The van der Waals surface area contributed by atoms with Crippen molar-refractivity contribution in [3.8, 4) is 17.2 Å². The molecule has 2 aromatic carbocycles. The first kappa shape index (κ1) is 27.8. The number of aromatic nitrogens is 4. The topological polar surface area (TPSA) is 105 Å². The van der Waals surface area contributed by atoms with Crippen LogP contribution in [0.1, 0.15) is 80.8 Å². The van der Waals surface area contributed by atoms with Gasteiger partial charge in [0.15, 0.2) is 0 Å². The number of nitriles is 1. The van der Waals surface area contributed by atoms with Crippen LogP contribution in [0.15, 0.2) is 59.7 Å². The number of hydrogen-bond acceptors (Lipinski definition) is 6. The molecule has 208 valence electrons. The lowest BCUT2D eigenvalue weighted by Gasteiger charge is -2.31. The maximum Gasteiger partial charge on any atom is 0.259 e. The third kappa shape index (κ3) is 5.72. The number of rotatable bonds is 10. The molecule has 1 saturated carbocycles. The summed E-state index contributed by atoms with van der Waals surface area (Å²) in [5, 5.41) is 23.9. The summed E-state index contributed by atoms with van der Waals surface area (Å²) in [6.07, 6.45) is 7.32. The fourth-order valence-electron chi connectivity index (χ4n) is 5.75. The molecule has 8 heteroatoms. The standard InChI is InChI=1S/C32H37N5O3/c1-3-7-30-29(18-22-10-12-23(13-11-22)28-9-6-5-8-24(28)19-33)31(39)36(32-34-21-35-37(30)32)25-14-16-27(17-15-25)40-20-26(38)4-2/h5-6,8-13,21,25-27,38H,3-4,7,14-18,20H2,1-2H3. The Morgan fingerprint density at radius 2 is 1.85 bits per heavy atom. The average Bonchev–Trinajstić information content (AvgIpc) is 3.48. The summed E-state index contributed by atoms with van der Waals surface area (Å²) in [4.78, 5) is 18.7. The van der Waals surface area contributed by atoms with Crippen molar-refractivity contribution in [3.63, 3.8) is 0 Å². The van der Waals surface area contributed by atoms with Gasteiger partial charge in [-0.25, -0.2) is 4.52 Å². The normalized spacial score (nSPS) is 18.1. The van der Waals surface area contributed by atoms with E-state index in [9.17, 15) is 15.2 Å². The van der Waals surface area contributed by atoms with Crippen LogP contribution in [-0.4, -0.2) is 43.1 Å². The van der Waals surface area contributed by atoms with Gasteiger partial charge in [0, 0.05) is 18.0 Å². The molecule has 4 aromatic rings. The van der Waals surface area contributed by atoms with Crippen LogP contribution in [0.25, 0.3) is 16.9 Å². The highest BCUT2D eigenvalue weighted by atomic mass is 16.5. The molecule has 0 radical (unpaired) electrons. The second kappa shape index (κ2) is 12.6. The Labute approximate surface area is 234 Å². The van der Waals surface area contributed by atoms with Crippen LogP contribution in [0.4, 0.5) is 0 Å². The molecule has 1 aliphatic carbocycles. The van der Waals surface area contributed by atoms with Gasteiger partial charge in [-0.05, 0) is 61.3 Å². The van der Waals surface area contributed by atoms with E-state index in [1.54, 1.807) is 0 Å².